The largest absolute Gasteiger partial charge is 0.476 e. The van der Waals surface area contributed by atoms with Gasteiger partial charge in [0.25, 0.3) is 5.88 Å². The van der Waals surface area contributed by atoms with Crippen molar-refractivity contribution in [2.24, 2.45) is 0 Å². The standard InChI is InChI=1S/C10H13FN2O4S/c1-2-16-9-6(11)3-13(10(15)12-9)7-5-18-8(4-14)17-7/h3,7-8,14H,2,4-5H2,1H3/t7-,8+/m0/s1. The molecule has 1 aromatic rings. The fourth-order valence-electron chi connectivity index (χ4n) is 1.56. The number of aliphatic hydroxyl groups is 1. The molecule has 1 fully saturated rings. The summed E-state index contributed by atoms with van der Waals surface area (Å²) in [4.78, 5) is 15.2. The number of rotatable bonds is 4. The van der Waals surface area contributed by atoms with Gasteiger partial charge in [0, 0.05) is 5.75 Å². The number of aromatic nitrogens is 2. The Labute approximate surface area is 107 Å². The monoisotopic (exact) mass is 276 g/mol. The average molecular weight is 276 g/mol. The van der Waals surface area contributed by atoms with E-state index in [1.807, 2.05) is 0 Å². The third-order valence-corrected chi connectivity index (χ3v) is 3.46. The van der Waals surface area contributed by atoms with Crippen LogP contribution in [0.5, 0.6) is 5.88 Å². The van der Waals surface area contributed by atoms with Gasteiger partial charge in [-0.05, 0) is 6.92 Å². The SMILES string of the molecule is CCOc1nc(=O)n([C@@H]2CS[C@H](CO)O2)cc1F. The topological polar surface area (TPSA) is 73.6 Å². The molecule has 2 atom stereocenters. The molecule has 1 aliphatic rings. The van der Waals surface area contributed by atoms with E-state index in [-0.39, 0.29) is 19.1 Å². The Bertz CT molecular complexity index is 481. The van der Waals surface area contributed by atoms with E-state index in [9.17, 15) is 9.18 Å². The molecule has 1 aromatic heterocycles. The van der Waals surface area contributed by atoms with E-state index in [1.54, 1.807) is 6.92 Å². The first-order chi connectivity index (χ1) is 8.65. The van der Waals surface area contributed by atoms with Crippen molar-refractivity contribution in [3.8, 4) is 5.88 Å². The minimum absolute atomic E-state index is 0.150. The summed E-state index contributed by atoms with van der Waals surface area (Å²) in [5, 5.41) is 8.93. The number of aliphatic hydroxyl groups excluding tert-OH is 1. The molecule has 0 spiro atoms. The molecule has 6 nitrogen and oxygen atoms in total. The van der Waals surface area contributed by atoms with Crippen LogP contribution in [0.2, 0.25) is 0 Å². The highest BCUT2D eigenvalue weighted by atomic mass is 32.2. The Hall–Kier alpha value is -1.12. The van der Waals surface area contributed by atoms with Crippen LogP contribution >= 0.6 is 11.8 Å². The molecule has 18 heavy (non-hydrogen) atoms. The fraction of sp³-hybridized carbons (Fsp3) is 0.600. The van der Waals surface area contributed by atoms with E-state index in [4.69, 9.17) is 14.6 Å². The molecule has 0 amide bonds. The van der Waals surface area contributed by atoms with E-state index in [1.165, 1.54) is 11.8 Å². The predicted molar refractivity (Wildman–Crippen MR) is 63.1 cm³/mol. The van der Waals surface area contributed by atoms with E-state index in [0.717, 1.165) is 10.8 Å². The second-order valence-corrected chi connectivity index (χ2v) is 4.75. The Kier molecular flexibility index (Phi) is 4.20. The number of nitrogens with zero attached hydrogens (tertiary/aromatic N) is 2. The van der Waals surface area contributed by atoms with Crippen molar-refractivity contribution in [1.82, 2.24) is 9.55 Å². The molecule has 0 saturated carbocycles. The van der Waals surface area contributed by atoms with Crippen molar-refractivity contribution in [2.45, 2.75) is 18.6 Å². The molecule has 2 heterocycles. The minimum atomic E-state index is -0.711. The molecule has 0 aliphatic carbocycles. The van der Waals surface area contributed by atoms with Gasteiger partial charge in [0.1, 0.15) is 11.7 Å². The van der Waals surface area contributed by atoms with Crippen molar-refractivity contribution >= 4 is 11.8 Å². The van der Waals surface area contributed by atoms with E-state index in [0.29, 0.717) is 5.75 Å². The highest BCUT2D eigenvalue weighted by Gasteiger charge is 2.28. The first-order valence-electron chi connectivity index (χ1n) is 5.45. The Morgan fingerprint density at radius 1 is 1.78 bits per heavy atom. The molecule has 0 radical (unpaired) electrons. The van der Waals surface area contributed by atoms with Crippen LogP contribution in [0.15, 0.2) is 11.0 Å². The number of hydrogen-bond donors (Lipinski definition) is 1. The van der Waals surface area contributed by atoms with Crippen LogP contribution in [-0.4, -0.2) is 39.1 Å². The lowest BCUT2D eigenvalue weighted by molar-refractivity contribution is -0.00708. The third kappa shape index (κ3) is 2.65. The van der Waals surface area contributed by atoms with Gasteiger partial charge in [-0.3, -0.25) is 4.57 Å². The molecule has 1 aliphatic heterocycles. The zero-order valence-electron chi connectivity index (χ0n) is 9.71. The number of thioether (sulfide) groups is 1. The Balaban J connectivity index is 2.24. The summed E-state index contributed by atoms with van der Waals surface area (Å²) < 4.78 is 24.9. The van der Waals surface area contributed by atoms with Crippen molar-refractivity contribution in [3.05, 3.63) is 22.5 Å². The van der Waals surface area contributed by atoms with E-state index >= 15 is 0 Å². The van der Waals surface area contributed by atoms with Crippen molar-refractivity contribution in [2.75, 3.05) is 19.0 Å². The number of hydrogen-bond acceptors (Lipinski definition) is 6. The molecule has 0 aromatic carbocycles. The van der Waals surface area contributed by atoms with Gasteiger partial charge in [0.15, 0.2) is 0 Å². The van der Waals surface area contributed by atoms with Gasteiger partial charge in [0.05, 0.1) is 19.4 Å². The van der Waals surface area contributed by atoms with Gasteiger partial charge in [-0.2, -0.15) is 9.37 Å². The molecular formula is C10H13FN2O4S. The maximum Gasteiger partial charge on any atom is 0.353 e. The summed E-state index contributed by atoms with van der Waals surface area (Å²) in [6.45, 7) is 1.76. The summed E-state index contributed by atoms with van der Waals surface area (Å²) in [6, 6.07) is 0. The van der Waals surface area contributed by atoms with Crippen LogP contribution in [0.4, 0.5) is 4.39 Å². The zero-order valence-corrected chi connectivity index (χ0v) is 10.5. The maximum atomic E-state index is 13.6. The second-order valence-electron chi connectivity index (χ2n) is 3.55. The zero-order chi connectivity index (χ0) is 13.1. The minimum Gasteiger partial charge on any atom is -0.476 e. The van der Waals surface area contributed by atoms with E-state index in [2.05, 4.69) is 4.98 Å². The van der Waals surface area contributed by atoms with Crippen LogP contribution in [0, 0.1) is 5.82 Å². The predicted octanol–water partition coefficient (Wildman–Crippen LogP) is 0.361. The average Bonchev–Trinajstić information content (AvgIpc) is 2.82. The summed E-state index contributed by atoms with van der Waals surface area (Å²) in [5.74, 6) is -0.555. The van der Waals surface area contributed by atoms with Gasteiger partial charge >= 0.3 is 5.69 Å². The molecule has 1 saturated heterocycles. The lowest BCUT2D eigenvalue weighted by Crippen LogP contribution is -2.29. The molecule has 0 unspecified atom stereocenters. The summed E-state index contributed by atoms with van der Waals surface area (Å²) >= 11 is 1.36. The quantitative estimate of drug-likeness (QED) is 0.856. The molecule has 0 bridgehead atoms. The van der Waals surface area contributed by atoms with Crippen molar-refractivity contribution < 1.29 is 19.0 Å². The summed E-state index contributed by atoms with van der Waals surface area (Å²) in [7, 11) is 0. The van der Waals surface area contributed by atoms with Gasteiger partial charge in [-0.25, -0.2) is 4.79 Å². The Morgan fingerprint density at radius 3 is 3.17 bits per heavy atom. The smallest absolute Gasteiger partial charge is 0.353 e. The van der Waals surface area contributed by atoms with Crippen LogP contribution < -0.4 is 10.4 Å². The fourth-order valence-corrected chi connectivity index (χ4v) is 2.49. The van der Waals surface area contributed by atoms with Gasteiger partial charge in [-0.15, -0.1) is 11.8 Å². The second kappa shape index (κ2) is 5.68. The first-order valence-corrected chi connectivity index (χ1v) is 6.50. The van der Waals surface area contributed by atoms with Crippen LogP contribution in [-0.2, 0) is 4.74 Å². The number of halogens is 1. The van der Waals surface area contributed by atoms with Crippen LogP contribution in [0.25, 0.3) is 0 Å². The number of ether oxygens (including phenoxy) is 2. The molecule has 1 N–H and O–H groups in total. The summed E-state index contributed by atoms with van der Waals surface area (Å²) in [5.41, 5.74) is -1.03. The Morgan fingerprint density at radius 2 is 2.56 bits per heavy atom. The molecular weight excluding hydrogens is 263 g/mol. The van der Waals surface area contributed by atoms with Crippen molar-refractivity contribution in [3.63, 3.8) is 0 Å². The normalized spacial score (nSPS) is 23.3. The van der Waals surface area contributed by atoms with E-state index < -0.39 is 23.2 Å². The van der Waals surface area contributed by atoms with Gasteiger partial charge < -0.3 is 14.6 Å². The maximum absolute atomic E-state index is 13.6. The lowest BCUT2D eigenvalue weighted by atomic mass is 10.5. The van der Waals surface area contributed by atoms with Crippen molar-refractivity contribution in [1.29, 1.82) is 0 Å². The highest BCUT2D eigenvalue weighted by molar-refractivity contribution is 8.00. The molecule has 2 rings (SSSR count). The lowest BCUT2D eigenvalue weighted by Gasteiger charge is -2.14. The highest BCUT2D eigenvalue weighted by Crippen LogP contribution is 2.30. The first kappa shape index (κ1) is 13.3. The van der Waals surface area contributed by atoms with Crippen LogP contribution in [0.1, 0.15) is 13.2 Å². The molecule has 8 heteroatoms. The van der Waals surface area contributed by atoms with Crippen LogP contribution in [0.3, 0.4) is 0 Å². The van der Waals surface area contributed by atoms with Gasteiger partial charge in [0.2, 0.25) is 5.82 Å². The third-order valence-electron chi connectivity index (χ3n) is 2.35. The molecule has 100 valence electrons. The van der Waals surface area contributed by atoms with Gasteiger partial charge in [-0.1, -0.05) is 0 Å². The summed E-state index contributed by atoms with van der Waals surface area (Å²) in [6.07, 6.45) is 0.406.